The summed E-state index contributed by atoms with van der Waals surface area (Å²) in [5, 5.41) is 0.163. The fourth-order valence-corrected chi connectivity index (χ4v) is 2.18. The lowest BCUT2D eigenvalue weighted by Crippen LogP contribution is -2.09. The van der Waals surface area contributed by atoms with E-state index in [4.69, 9.17) is 11.6 Å². The topological polar surface area (TPSA) is 43.6 Å². The van der Waals surface area contributed by atoms with Crippen LogP contribution in [0.3, 0.4) is 0 Å². The second kappa shape index (κ2) is 4.77. The smallest absolute Gasteiger partial charge is 0.329 e. The molecule has 0 amide bonds. The van der Waals surface area contributed by atoms with Crippen LogP contribution in [0.4, 0.5) is 13.2 Å². The number of nitrogens with zero attached hydrogens (tertiary/aromatic N) is 4. The Balaban J connectivity index is 2.35. The molecule has 4 nitrogen and oxygen atoms in total. The standard InChI is InChI=1S/C9H6ClF3N4S/c1-17-3-2-14-8(17)18-6-4-5(9(11,12)13)15-7(10)16-6/h2-4H,1H3. The lowest BCUT2D eigenvalue weighted by Gasteiger charge is -2.07. The molecule has 0 saturated carbocycles. The highest BCUT2D eigenvalue weighted by atomic mass is 35.5. The second-order valence-electron chi connectivity index (χ2n) is 3.28. The summed E-state index contributed by atoms with van der Waals surface area (Å²) < 4.78 is 39.2. The maximum atomic E-state index is 12.5. The largest absolute Gasteiger partial charge is 0.433 e. The van der Waals surface area contributed by atoms with E-state index in [1.165, 1.54) is 6.20 Å². The Morgan fingerprint density at radius 3 is 2.61 bits per heavy atom. The molecule has 2 aromatic heterocycles. The molecule has 2 aromatic rings. The Bertz CT molecular complexity index is 569. The van der Waals surface area contributed by atoms with Crippen molar-refractivity contribution in [3.05, 3.63) is 29.4 Å². The van der Waals surface area contributed by atoms with Crippen molar-refractivity contribution < 1.29 is 13.2 Å². The van der Waals surface area contributed by atoms with Crippen LogP contribution < -0.4 is 0 Å². The van der Waals surface area contributed by atoms with Crippen LogP contribution in [0.2, 0.25) is 5.28 Å². The highest BCUT2D eigenvalue weighted by Crippen LogP contribution is 2.32. The third-order valence-electron chi connectivity index (χ3n) is 1.94. The molecule has 0 aliphatic rings. The summed E-state index contributed by atoms with van der Waals surface area (Å²) in [6, 6.07) is 0.839. The predicted octanol–water partition coefficient (Wildman–Crippen LogP) is 3.03. The van der Waals surface area contributed by atoms with Gasteiger partial charge in [-0.1, -0.05) is 0 Å². The minimum Gasteiger partial charge on any atom is -0.329 e. The van der Waals surface area contributed by atoms with Crippen molar-refractivity contribution in [2.75, 3.05) is 0 Å². The van der Waals surface area contributed by atoms with Gasteiger partial charge in [-0.25, -0.2) is 15.0 Å². The maximum Gasteiger partial charge on any atom is 0.433 e. The zero-order valence-electron chi connectivity index (χ0n) is 8.94. The van der Waals surface area contributed by atoms with E-state index in [1.807, 2.05) is 0 Å². The first kappa shape index (κ1) is 13.2. The van der Waals surface area contributed by atoms with Gasteiger partial charge in [-0.15, -0.1) is 0 Å². The van der Waals surface area contributed by atoms with Gasteiger partial charge in [-0.2, -0.15) is 13.2 Å². The molecule has 0 aliphatic carbocycles. The molecule has 0 aromatic carbocycles. The van der Waals surface area contributed by atoms with Gasteiger partial charge in [0, 0.05) is 25.5 Å². The molecule has 0 atom stereocenters. The Kier molecular flexibility index (Phi) is 3.49. The van der Waals surface area contributed by atoms with E-state index >= 15 is 0 Å². The van der Waals surface area contributed by atoms with E-state index < -0.39 is 17.2 Å². The minimum absolute atomic E-state index is 0.0941. The number of aromatic nitrogens is 4. The Hall–Kier alpha value is -1.28. The van der Waals surface area contributed by atoms with Crippen LogP contribution in [0, 0.1) is 0 Å². The highest BCUT2D eigenvalue weighted by molar-refractivity contribution is 7.99. The molecule has 18 heavy (non-hydrogen) atoms. The van der Waals surface area contributed by atoms with Gasteiger partial charge in [-0.05, 0) is 23.4 Å². The summed E-state index contributed by atoms with van der Waals surface area (Å²) in [6.45, 7) is 0. The molecule has 0 fully saturated rings. The number of alkyl halides is 3. The first-order chi connectivity index (χ1) is 8.36. The van der Waals surface area contributed by atoms with Crippen molar-refractivity contribution in [1.82, 2.24) is 19.5 Å². The van der Waals surface area contributed by atoms with Gasteiger partial charge in [0.25, 0.3) is 0 Å². The van der Waals surface area contributed by atoms with E-state index in [2.05, 4.69) is 15.0 Å². The first-order valence-electron chi connectivity index (χ1n) is 4.63. The third kappa shape index (κ3) is 2.94. The third-order valence-corrected chi connectivity index (χ3v) is 3.10. The van der Waals surface area contributed by atoms with E-state index in [-0.39, 0.29) is 5.03 Å². The fraction of sp³-hybridized carbons (Fsp3) is 0.222. The number of imidazole rings is 1. The number of hydrogen-bond donors (Lipinski definition) is 0. The van der Waals surface area contributed by atoms with Crippen LogP contribution in [0.15, 0.2) is 28.6 Å². The molecule has 0 bridgehead atoms. The van der Waals surface area contributed by atoms with Gasteiger partial charge in [0.2, 0.25) is 5.28 Å². The van der Waals surface area contributed by atoms with E-state index in [0.717, 1.165) is 17.8 Å². The summed E-state index contributed by atoms with van der Waals surface area (Å²) in [5.74, 6) is 0. The highest BCUT2D eigenvalue weighted by Gasteiger charge is 2.33. The molecule has 0 N–H and O–H groups in total. The van der Waals surface area contributed by atoms with Crippen LogP contribution in [0.1, 0.15) is 5.69 Å². The molecule has 2 rings (SSSR count). The van der Waals surface area contributed by atoms with Crippen molar-refractivity contribution in [3.8, 4) is 0 Å². The van der Waals surface area contributed by atoms with Crippen molar-refractivity contribution in [3.63, 3.8) is 0 Å². The van der Waals surface area contributed by atoms with E-state index in [1.54, 1.807) is 17.8 Å². The summed E-state index contributed by atoms with van der Waals surface area (Å²) in [6.07, 6.45) is -1.34. The normalized spacial score (nSPS) is 11.8. The summed E-state index contributed by atoms with van der Waals surface area (Å²) >= 11 is 6.45. The quantitative estimate of drug-likeness (QED) is 0.631. The monoisotopic (exact) mass is 294 g/mol. The molecule has 0 unspecified atom stereocenters. The van der Waals surface area contributed by atoms with Crippen LogP contribution in [-0.2, 0) is 13.2 Å². The molecule has 2 heterocycles. The average molecular weight is 295 g/mol. The molecule has 0 saturated heterocycles. The van der Waals surface area contributed by atoms with Crippen LogP contribution >= 0.6 is 23.4 Å². The van der Waals surface area contributed by atoms with Crippen molar-refractivity contribution >= 4 is 23.4 Å². The zero-order chi connectivity index (χ0) is 13.3. The van der Waals surface area contributed by atoms with Crippen LogP contribution in [0.25, 0.3) is 0 Å². The SMILES string of the molecule is Cn1ccnc1Sc1cc(C(F)(F)F)nc(Cl)n1. The van der Waals surface area contributed by atoms with Gasteiger partial charge < -0.3 is 4.57 Å². The average Bonchev–Trinajstić information content (AvgIpc) is 2.62. The molecule has 0 aliphatic heterocycles. The van der Waals surface area contributed by atoms with Gasteiger partial charge in [0.05, 0.1) is 0 Å². The molecular weight excluding hydrogens is 289 g/mol. The van der Waals surface area contributed by atoms with Gasteiger partial charge >= 0.3 is 6.18 Å². The lowest BCUT2D eigenvalue weighted by molar-refractivity contribution is -0.141. The first-order valence-corrected chi connectivity index (χ1v) is 5.82. The van der Waals surface area contributed by atoms with Crippen molar-refractivity contribution in [2.24, 2.45) is 7.05 Å². The Morgan fingerprint density at radius 1 is 1.33 bits per heavy atom. The molecule has 9 heteroatoms. The summed E-state index contributed by atoms with van der Waals surface area (Å²) in [7, 11) is 1.73. The zero-order valence-corrected chi connectivity index (χ0v) is 10.5. The van der Waals surface area contributed by atoms with Gasteiger partial charge in [-0.3, -0.25) is 0 Å². The Labute approximate surface area is 109 Å². The van der Waals surface area contributed by atoms with Gasteiger partial charge in [0.1, 0.15) is 5.03 Å². The lowest BCUT2D eigenvalue weighted by atomic mass is 10.4. The Morgan fingerprint density at radius 2 is 2.06 bits per heavy atom. The number of hydrogen-bond acceptors (Lipinski definition) is 4. The minimum atomic E-state index is -4.55. The van der Waals surface area contributed by atoms with Crippen molar-refractivity contribution in [2.45, 2.75) is 16.4 Å². The van der Waals surface area contributed by atoms with Crippen molar-refractivity contribution in [1.29, 1.82) is 0 Å². The van der Waals surface area contributed by atoms with E-state index in [0.29, 0.717) is 5.16 Å². The number of aryl methyl sites for hydroxylation is 1. The summed E-state index contributed by atoms with van der Waals surface area (Å²) in [4.78, 5) is 10.8. The maximum absolute atomic E-state index is 12.5. The molecule has 0 spiro atoms. The summed E-state index contributed by atoms with van der Waals surface area (Å²) in [5.41, 5.74) is -1.07. The van der Waals surface area contributed by atoms with E-state index in [9.17, 15) is 13.2 Å². The molecular formula is C9H6ClF3N4S. The number of halogens is 4. The van der Waals surface area contributed by atoms with Crippen LogP contribution in [-0.4, -0.2) is 19.5 Å². The number of rotatable bonds is 2. The fourth-order valence-electron chi connectivity index (χ4n) is 1.14. The second-order valence-corrected chi connectivity index (χ2v) is 4.61. The molecule has 96 valence electrons. The van der Waals surface area contributed by atoms with Gasteiger partial charge in [0.15, 0.2) is 10.9 Å². The van der Waals surface area contributed by atoms with Crippen LogP contribution in [0.5, 0.6) is 0 Å². The molecule has 0 radical (unpaired) electrons. The predicted molar refractivity (Wildman–Crippen MR) is 59.4 cm³/mol.